The van der Waals surface area contributed by atoms with Crippen LogP contribution in [0.25, 0.3) is 5.57 Å². The SMILES string of the molecule is CCNC(=O)OC1=C(c2c(CC)cc(C)cc2CC)C(=O)C2CC(C3OCCO3)CC12. The molecule has 0 radical (unpaired) electrons. The summed E-state index contributed by atoms with van der Waals surface area (Å²) in [5.74, 6) is 0.476. The van der Waals surface area contributed by atoms with Crippen molar-refractivity contribution in [2.24, 2.45) is 17.8 Å². The highest BCUT2D eigenvalue weighted by molar-refractivity contribution is 6.26. The Morgan fingerprint density at radius 2 is 1.68 bits per heavy atom. The lowest BCUT2D eigenvalue weighted by Gasteiger charge is -2.21. The number of carbonyl (C=O) groups is 2. The lowest BCUT2D eigenvalue weighted by molar-refractivity contribution is -0.117. The summed E-state index contributed by atoms with van der Waals surface area (Å²) in [6.07, 6.45) is 2.31. The van der Waals surface area contributed by atoms with Crippen LogP contribution in [0.5, 0.6) is 0 Å². The Morgan fingerprint density at radius 1 is 1.06 bits per heavy atom. The summed E-state index contributed by atoms with van der Waals surface area (Å²) >= 11 is 0. The van der Waals surface area contributed by atoms with Crippen molar-refractivity contribution in [3.8, 4) is 0 Å². The molecule has 0 spiro atoms. The van der Waals surface area contributed by atoms with E-state index in [1.54, 1.807) is 0 Å². The van der Waals surface area contributed by atoms with Gasteiger partial charge in [-0.25, -0.2) is 4.79 Å². The first-order chi connectivity index (χ1) is 15.0. The van der Waals surface area contributed by atoms with Gasteiger partial charge < -0.3 is 19.5 Å². The summed E-state index contributed by atoms with van der Waals surface area (Å²) in [5.41, 5.74) is 5.04. The van der Waals surface area contributed by atoms with Crippen molar-refractivity contribution < 1.29 is 23.8 Å². The van der Waals surface area contributed by atoms with Crippen LogP contribution in [0.15, 0.2) is 17.9 Å². The number of hydrogen-bond acceptors (Lipinski definition) is 5. The van der Waals surface area contributed by atoms with Crippen molar-refractivity contribution in [3.05, 3.63) is 40.1 Å². The molecule has 3 aliphatic rings. The minimum Gasteiger partial charge on any atom is -0.414 e. The summed E-state index contributed by atoms with van der Waals surface area (Å²) < 4.78 is 17.3. The number of fused-ring (bicyclic) bond motifs is 1. The van der Waals surface area contributed by atoms with E-state index in [2.05, 4.69) is 38.2 Å². The van der Waals surface area contributed by atoms with Crippen LogP contribution in [0.2, 0.25) is 0 Å². The number of Topliss-reactive ketones (excluding diaryl/α,β-unsaturated/α-hetero) is 1. The molecule has 6 heteroatoms. The second kappa shape index (κ2) is 9.13. The Balaban J connectivity index is 1.79. The van der Waals surface area contributed by atoms with Crippen LogP contribution < -0.4 is 5.32 Å². The number of nitrogens with one attached hydrogen (secondary N) is 1. The smallest absolute Gasteiger partial charge is 0.412 e. The molecule has 0 bridgehead atoms. The van der Waals surface area contributed by atoms with E-state index in [1.165, 1.54) is 5.56 Å². The molecule has 4 rings (SSSR count). The minimum atomic E-state index is -0.497. The van der Waals surface area contributed by atoms with E-state index in [4.69, 9.17) is 14.2 Å². The fourth-order valence-corrected chi connectivity index (χ4v) is 5.49. The van der Waals surface area contributed by atoms with Crippen molar-refractivity contribution in [3.63, 3.8) is 0 Å². The Labute approximate surface area is 184 Å². The van der Waals surface area contributed by atoms with E-state index >= 15 is 0 Å². The van der Waals surface area contributed by atoms with Gasteiger partial charge in [0.25, 0.3) is 0 Å². The van der Waals surface area contributed by atoms with Gasteiger partial charge in [-0.3, -0.25) is 4.79 Å². The molecule has 1 heterocycles. The minimum absolute atomic E-state index is 0.0954. The number of allylic oxidation sites excluding steroid dienone is 2. The monoisotopic (exact) mass is 427 g/mol. The molecule has 1 N–H and O–H groups in total. The van der Waals surface area contributed by atoms with Crippen LogP contribution in [0.1, 0.15) is 55.9 Å². The van der Waals surface area contributed by atoms with Gasteiger partial charge in [0, 0.05) is 24.3 Å². The molecule has 2 aliphatic carbocycles. The first-order valence-corrected chi connectivity index (χ1v) is 11.6. The van der Waals surface area contributed by atoms with Crippen LogP contribution in [0.4, 0.5) is 4.79 Å². The first kappa shape index (κ1) is 22.0. The quantitative estimate of drug-likeness (QED) is 0.737. The van der Waals surface area contributed by atoms with Gasteiger partial charge in [0.05, 0.1) is 18.8 Å². The number of ether oxygens (including phenoxy) is 3. The lowest BCUT2D eigenvalue weighted by atomic mass is 9.87. The fraction of sp³-hybridized carbons (Fsp3) is 0.600. The van der Waals surface area contributed by atoms with Crippen molar-refractivity contribution in [1.29, 1.82) is 0 Å². The van der Waals surface area contributed by atoms with Gasteiger partial charge in [0.1, 0.15) is 5.76 Å². The van der Waals surface area contributed by atoms with Gasteiger partial charge in [-0.2, -0.15) is 0 Å². The third-order valence-electron chi connectivity index (χ3n) is 6.78. The summed E-state index contributed by atoms with van der Waals surface area (Å²) in [6, 6.07) is 4.30. The predicted octanol–water partition coefficient (Wildman–Crippen LogP) is 4.18. The Hall–Kier alpha value is -2.18. The Kier molecular flexibility index (Phi) is 6.49. The molecule has 1 saturated carbocycles. The van der Waals surface area contributed by atoms with Crippen molar-refractivity contribution >= 4 is 17.4 Å². The number of ketones is 1. The largest absolute Gasteiger partial charge is 0.414 e. The molecule has 0 aromatic heterocycles. The van der Waals surface area contributed by atoms with Crippen LogP contribution in [-0.2, 0) is 31.8 Å². The first-order valence-electron chi connectivity index (χ1n) is 11.6. The molecular formula is C25H33NO5. The molecule has 1 aliphatic heterocycles. The molecule has 3 unspecified atom stereocenters. The standard InChI is InChI=1S/C25H33NO5/c1-5-15-10-14(4)11-16(6-2)20(15)21-22(27)18-12-17(24-29-8-9-30-24)13-19(18)23(21)31-25(28)26-7-3/h10-11,17-19,24H,5-9,12-13H2,1-4H3,(H,26,28). The maximum atomic E-state index is 13.8. The number of hydrogen-bond donors (Lipinski definition) is 1. The molecule has 1 aromatic rings. The highest BCUT2D eigenvalue weighted by Crippen LogP contribution is 2.53. The lowest BCUT2D eigenvalue weighted by Crippen LogP contribution is -2.25. The topological polar surface area (TPSA) is 73.9 Å². The molecule has 1 amide bonds. The maximum absolute atomic E-state index is 13.8. The number of benzene rings is 1. The zero-order valence-electron chi connectivity index (χ0n) is 19.0. The molecule has 1 saturated heterocycles. The van der Waals surface area contributed by atoms with E-state index in [1.807, 2.05) is 6.92 Å². The highest BCUT2D eigenvalue weighted by Gasteiger charge is 2.52. The Bertz CT molecular complexity index is 874. The second-order valence-electron chi connectivity index (χ2n) is 8.74. The molecule has 1 aromatic carbocycles. The zero-order chi connectivity index (χ0) is 22.1. The van der Waals surface area contributed by atoms with E-state index < -0.39 is 6.09 Å². The van der Waals surface area contributed by atoms with Gasteiger partial charge in [-0.1, -0.05) is 31.5 Å². The van der Waals surface area contributed by atoms with Crippen LogP contribution >= 0.6 is 0 Å². The summed E-state index contributed by atoms with van der Waals surface area (Å²) in [4.78, 5) is 26.2. The average Bonchev–Trinajstić information content (AvgIpc) is 3.47. The van der Waals surface area contributed by atoms with Gasteiger partial charge in [0.2, 0.25) is 0 Å². The van der Waals surface area contributed by atoms with Crippen molar-refractivity contribution in [1.82, 2.24) is 5.32 Å². The predicted molar refractivity (Wildman–Crippen MR) is 117 cm³/mol. The maximum Gasteiger partial charge on any atom is 0.412 e. The zero-order valence-corrected chi connectivity index (χ0v) is 19.0. The van der Waals surface area contributed by atoms with E-state index in [0.29, 0.717) is 37.5 Å². The average molecular weight is 428 g/mol. The molecule has 168 valence electrons. The second-order valence-corrected chi connectivity index (χ2v) is 8.74. The van der Waals surface area contributed by atoms with Crippen LogP contribution in [-0.4, -0.2) is 37.9 Å². The van der Waals surface area contributed by atoms with Gasteiger partial charge in [0.15, 0.2) is 12.1 Å². The normalized spacial score (nSPS) is 25.9. The van der Waals surface area contributed by atoms with Crippen molar-refractivity contribution in [2.75, 3.05) is 19.8 Å². The van der Waals surface area contributed by atoms with Crippen LogP contribution in [0.3, 0.4) is 0 Å². The van der Waals surface area contributed by atoms with Crippen molar-refractivity contribution in [2.45, 2.75) is 59.7 Å². The number of alkyl carbamates (subject to hydrolysis) is 1. The Morgan fingerprint density at radius 3 is 2.26 bits per heavy atom. The van der Waals surface area contributed by atoms with Crippen LogP contribution in [0, 0.1) is 24.7 Å². The van der Waals surface area contributed by atoms with Gasteiger partial charge >= 0.3 is 6.09 Å². The number of aryl methyl sites for hydroxylation is 3. The number of rotatable bonds is 6. The summed E-state index contributed by atoms with van der Waals surface area (Å²) in [7, 11) is 0. The van der Waals surface area contributed by atoms with Gasteiger partial charge in [-0.05, 0) is 56.2 Å². The third kappa shape index (κ3) is 4.03. The van der Waals surface area contributed by atoms with Gasteiger partial charge in [-0.15, -0.1) is 0 Å². The number of carbonyl (C=O) groups excluding carboxylic acids is 2. The summed E-state index contributed by atoms with van der Waals surface area (Å²) in [6.45, 7) is 9.81. The third-order valence-corrected chi connectivity index (χ3v) is 6.78. The van der Waals surface area contributed by atoms with E-state index in [0.717, 1.165) is 36.0 Å². The molecule has 6 nitrogen and oxygen atoms in total. The fourth-order valence-electron chi connectivity index (χ4n) is 5.49. The molecule has 2 fully saturated rings. The summed E-state index contributed by atoms with van der Waals surface area (Å²) in [5, 5.41) is 2.72. The highest BCUT2D eigenvalue weighted by atomic mass is 16.7. The van der Waals surface area contributed by atoms with E-state index in [9.17, 15) is 9.59 Å². The molecular weight excluding hydrogens is 394 g/mol. The van der Waals surface area contributed by atoms with E-state index in [-0.39, 0.29) is 29.8 Å². The number of amides is 1. The molecule has 31 heavy (non-hydrogen) atoms. The molecule has 3 atom stereocenters.